The average molecular weight is 171 g/mol. The number of piperazine rings is 1. The van der Waals surface area contributed by atoms with Gasteiger partial charge in [-0.05, 0) is 14.0 Å². The molecule has 0 aromatic carbocycles. The highest BCUT2D eigenvalue weighted by molar-refractivity contribution is 5.78. The lowest BCUT2D eigenvalue weighted by Crippen LogP contribution is -2.54. The van der Waals surface area contributed by atoms with Gasteiger partial charge in [0, 0.05) is 25.7 Å². The molecule has 0 bridgehead atoms. The van der Waals surface area contributed by atoms with E-state index in [0.29, 0.717) is 6.04 Å². The van der Waals surface area contributed by atoms with Gasteiger partial charge in [0.05, 0.1) is 6.54 Å². The molecule has 1 saturated heterocycles. The quantitative estimate of drug-likeness (QED) is 0.556. The Balaban J connectivity index is 2.50. The van der Waals surface area contributed by atoms with E-state index < -0.39 is 0 Å². The third kappa shape index (κ3) is 1.95. The van der Waals surface area contributed by atoms with E-state index >= 15 is 0 Å². The van der Waals surface area contributed by atoms with Crippen LogP contribution in [0.25, 0.3) is 0 Å². The summed E-state index contributed by atoms with van der Waals surface area (Å²) in [6, 6.07) is 0.305. The number of nitrogens with zero attached hydrogens (tertiary/aromatic N) is 2. The van der Waals surface area contributed by atoms with E-state index in [1.807, 2.05) is 4.90 Å². The second kappa shape index (κ2) is 3.87. The molecule has 4 nitrogen and oxygen atoms in total. The second-order valence-corrected chi connectivity index (χ2v) is 3.40. The summed E-state index contributed by atoms with van der Waals surface area (Å²) in [5.74, 6) is 0.0654. The first-order valence-corrected chi connectivity index (χ1v) is 4.33. The molecular formula is C8H17N3O. The van der Waals surface area contributed by atoms with Gasteiger partial charge < -0.3 is 15.5 Å². The molecule has 1 heterocycles. The van der Waals surface area contributed by atoms with Crippen LogP contribution in [0.1, 0.15) is 6.92 Å². The number of carbonyl (C=O) groups is 1. The minimum absolute atomic E-state index is 0.0654. The molecule has 1 fully saturated rings. The highest BCUT2D eigenvalue weighted by Crippen LogP contribution is 2.06. The van der Waals surface area contributed by atoms with Gasteiger partial charge in [0.1, 0.15) is 0 Å². The molecular weight excluding hydrogens is 154 g/mol. The monoisotopic (exact) mass is 171 g/mol. The Morgan fingerprint density at radius 3 is 2.75 bits per heavy atom. The molecule has 12 heavy (non-hydrogen) atoms. The maximum atomic E-state index is 11.3. The first-order valence-electron chi connectivity index (χ1n) is 4.33. The molecule has 1 aliphatic rings. The van der Waals surface area contributed by atoms with Crippen LogP contribution in [-0.4, -0.2) is 55.0 Å². The molecule has 0 aliphatic carbocycles. The fourth-order valence-electron chi connectivity index (χ4n) is 1.63. The summed E-state index contributed by atoms with van der Waals surface area (Å²) in [7, 11) is 2.07. The summed E-state index contributed by atoms with van der Waals surface area (Å²) >= 11 is 0. The SMILES string of the molecule is C[C@H]1CN(C)CCN1C(=O)CN. The van der Waals surface area contributed by atoms with E-state index in [4.69, 9.17) is 5.73 Å². The van der Waals surface area contributed by atoms with E-state index in [1.54, 1.807) is 0 Å². The van der Waals surface area contributed by atoms with Gasteiger partial charge in [0.25, 0.3) is 0 Å². The largest absolute Gasteiger partial charge is 0.336 e. The summed E-state index contributed by atoms with van der Waals surface area (Å²) in [5, 5.41) is 0. The number of nitrogens with two attached hydrogens (primary N) is 1. The molecule has 0 spiro atoms. The van der Waals surface area contributed by atoms with Crippen molar-refractivity contribution in [3.05, 3.63) is 0 Å². The number of hydrogen-bond acceptors (Lipinski definition) is 3. The van der Waals surface area contributed by atoms with Gasteiger partial charge in [-0.2, -0.15) is 0 Å². The standard InChI is InChI=1S/C8H17N3O/c1-7-6-10(2)3-4-11(7)8(12)5-9/h7H,3-6,9H2,1-2H3/t7-/m0/s1. The fraction of sp³-hybridized carbons (Fsp3) is 0.875. The van der Waals surface area contributed by atoms with Gasteiger partial charge in [0.2, 0.25) is 5.91 Å². The zero-order valence-electron chi connectivity index (χ0n) is 7.79. The molecule has 70 valence electrons. The normalized spacial score (nSPS) is 25.9. The van der Waals surface area contributed by atoms with Crippen molar-refractivity contribution < 1.29 is 4.79 Å². The molecule has 1 rings (SSSR count). The maximum absolute atomic E-state index is 11.3. The van der Waals surface area contributed by atoms with Crippen molar-refractivity contribution in [2.75, 3.05) is 33.2 Å². The number of carbonyl (C=O) groups excluding carboxylic acids is 1. The topological polar surface area (TPSA) is 49.6 Å². The van der Waals surface area contributed by atoms with Crippen LogP contribution in [-0.2, 0) is 4.79 Å². The third-order valence-electron chi connectivity index (χ3n) is 2.33. The molecule has 0 aromatic rings. The van der Waals surface area contributed by atoms with Gasteiger partial charge in [0.15, 0.2) is 0 Å². The van der Waals surface area contributed by atoms with Crippen molar-refractivity contribution in [1.82, 2.24) is 9.80 Å². The molecule has 0 radical (unpaired) electrons. The Labute approximate surface area is 73.3 Å². The van der Waals surface area contributed by atoms with E-state index in [-0.39, 0.29) is 12.5 Å². The summed E-state index contributed by atoms with van der Waals surface area (Å²) in [6.45, 7) is 4.91. The Kier molecular flexibility index (Phi) is 3.05. The van der Waals surface area contributed by atoms with Gasteiger partial charge in [-0.25, -0.2) is 0 Å². The number of likely N-dealkylation sites (N-methyl/N-ethyl adjacent to an activating group) is 1. The van der Waals surface area contributed by atoms with Gasteiger partial charge in [-0.1, -0.05) is 0 Å². The number of amides is 1. The van der Waals surface area contributed by atoms with Crippen LogP contribution in [0.15, 0.2) is 0 Å². The predicted octanol–water partition coefficient (Wildman–Crippen LogP) is -0.892. The van der Waals surface area contributed by atoms with Crippen molar-refractivity contribution in [3.8, 4) is 0 Å². The molecule has 4 heteroatoms. The van der Waals surface area contributed by atoms with E-state index in [1.165, 1.54) is 0 Å². The molecule has 1 atom stereocenters. The predicted molar refractivity (Wildman–Crippen MR) is 47.7 cm³/mol. The highest BCUT2D eigenvalue weighted by Gasteiger charge is 2.24. The average Bonchev–Trinajstić information content (AvgIpc) is 2.03. The van der Waals surface area contributed by atoms with E-state index in [9.17, 15) is 4.79 Å². The zero-order chi connectivity index (χ0) is 9.14. The van der Waals surface area contributed by atoms with Gasteiger partial charge in [-0.15, -0.1) is 0 Å². The number of hydrogen-bond donors (Lipinski definition) is 1. The maximum Gasteiger partial charge on any atom is 0.236 e. The van der Waals surface area contributed by atoms with Crippen LogP contribution < -0.4 is 5.73 Å². The van der Waals surface area contributed by atoms with Crippen LogP contribution in [0.4, 0.5) is 0 Å². The van der Waals surface area contributed by atoms with Gasteiger partial charge >= 0.3 is 0 Å². The second-order valence-electron chi connectivity index (χ2n) is 3.40. The lowest BCUT2D eigenvalue weighted by Gasteiger charge is -2.38. The van der Waals surface area contributed by atoms with Crippen LogP contribution in [0, 0.1) is 0 Å². The molecule has 1 aliphatic heterocycles. The van der Waals surface area contributed by atoms with Crippen molar-refractivity contribution >= 4 is 5.91 Å². The van der Waals surface area contributed by atoms with Gasteiger partial charge in [-0.3, -0.25) is 4.79 Å². The Hall–Kier alpha value is -0.610. The molecule has 0 aromatic heterocycles. The lowest BCUT2D eigenvalue weighted by molar-refractivity contribution is -0.133. The van der Waals surface area contributed by atoms with Crippen molar-refractivity contribution in [2.45, 2.75) is 13.0 Å². The minimum Gasteiger partial charge on any atom is -0.336 e. The molecule has 0 saturated carbocycles. The first kappa shape index (κ1) is 9.48. The van der Waals surface area contributed by atoms with E-state index in [0.717, 1.165) is 19.6 Å². The molecule has 0 unspecified atom stereocenters. The Morgan fingerprint density at radius 1 is 1.58 bits per heavy atom. The third-order valence-corrected chi connectivity index (χ3v) is 2.33. The Morgan fingerprint density at radius 2 is 2.25 bits per heavy atom. The first-order chi connectivity index (χ1) is 5.65. The lowest BCUT2D eigenvalue weighted by atomic mass is 10.2. The fourth-order valence-corrected chi connectivity index (χ4v) is 1.63. The van der Waals surface area contributed by atoms with Crippen LogP contribution in [0.3, 0.4) is 0 Å². The summed E-state index contributed by atoms with van der Waals surface area (Å²) in [4.78, 5) is 15.4. The van der Waals surface area contributed by atoms with Crippen molar-refractivity contribution in [1.29, 1.82) is 0 Å². The van der Waals surface area contributed by atoms with Crippen LogP contribution in [0.2, 0.25) is 0 Å². The minimum atomic E-state index is 0.0654. The zero-order valence-corrected chi connectivity index (χ0v) is 7.79. The van der Waals surface area contributed by atoms with Crippen LogP contribution in [0.5, 0.6) is 0 Å². The van der Waals surface area contributed by atoms with E-state index in [2.05, 4.69) is 18.9 Å². The van der Waals surface area contributed by atoms with Crippen molar-refractivity contribution in [3.63, 3.8) is 0 Å². The molecule has 2 N–H and O–H groups in total. The van der Waals surface area contributed by atoms with Crippen molar-refractivity contribution in [2.24, 2.45) is 5.73 Å². The smallest absolute Gasteiger partial charge is 0.236 e. The Bertz CT molecular complexity index is 172. The highest BCUT2D eigenvalue weighted by atomic mass is 16.2. The molecule has 1 amide bonds. The number of rotatable bonds is 1. The van der Waals surface area contributed by atoms with Crippen LogP contribution >= 0.6 is 0 Å². The summed E-state index contributed by atoms with van der Waals surface area (Å²) in [5.41, 5.74) is 5.29. The summed E-state index contributed by atoms with van der Waals surface area (Å²) < 4.78 is 0. The summed E-state index contributed by atoms with van der Waals surface area (Å²) in [6.07, 6.45) is 0.